The number of anilines is 1. The SMILES string of the molecule is O=C1CCc2cc(S(=O)(=O)NCc3cncc(-c4cccs4)c3)cc3c2N1CC3. The van der Waals surface area contributed by atoms with Crippen LogP contribution in [0.4, 0.5) is 5.69 Å². The molecule has 5 rings (SSSR count). The van der Waals surface area contributed by atoms with Crippen LogP contribution in [-0.2, 0) is 34.2 Å². The molecule has 148 valence electrons. The highest BCUT2D eigenvalue weighted by molar-refractivity contribution is 7.89. The first-order valence-electron chi connectivity index (χ1n) is 9.45. The van der Waals surface area contributed by atoms with E-state index in [9.17, 15) is 13.2 Å². The van der Waals surface area contributed by atoms with Crippen molar-refractivity contribution in [3.8, 4) is 10.4 Å². The molecule has 2 aromatic heterocycles. The predicted molar refractivity (Wildman–Crippen MR) is 112 cm³/mol. The lowest BCUT2D eigenvalue weighted by atomic mass is 10.00. The topological polar surface area (TPSA) is 79.4 Å². The minimum atomic E-state index is -3.66. The largest absolute Gasteiger partial charge is 0.312 e. The van der Waals surface area contributed by atoms with E-state index in [1.54, 1.807) is 40.8 Å². The molecule has 0 saturated heterocycles. The minimum absolute atomic E-state index is 0.128. The van der Waals surface area contributed by atoms with Gasteiger partial charge in [-0.05, 0) is 59.2 Å². The molecular formula is C21H19N3O3S2. The first-order chi connectivity index (χ1) is 14.0. The maximum atomic E-state index is 12.9. The van der Waals surface area contributed by atoms with E-state index >= 15 is 0 Å². The Morgan fingerprint density at radius 3 is 2.72 bits per heavy atom. The molecular weight excluding hydrogens is 406 g/mol. The summed E-state index contributed by atoms with van der Waals surface area (Å²) in [4.78, 5) is 19.5. The second-order valence-electron chi connectivity index (χ2n) is 7.27. The number of sulfonamides is 1. The summed E-state index contributed by atoms with van der Waals surface area (Å²) >= 11 is 1.62. The number of amides is 1. The monoisotopic (exact) mass is 425 g/mol. The van der Waals surface area contributed by atoms with Crippen LogP contribution in [0.5, 0.6) is 0 Å². The molecule has 0 saturated carbocycles. The average molecular weight is 426 g/mol. The molecule has 2 aliphatic heterocycles. The Morgan fingerprint density at radius 1 is 1.10 bits per heavy atom. The number of carbonyl (C=O) groups excluding carboxylic acids is 1. The maximum absolute atomic E-state index is 12.9. The molecule has 8 heteroatoms. The number of hydrogen-bond acceptors (Lipinski definition) is 5. The van der Waals surface area contributed by atoms with E-state index in [0.29, 0.717) is 25.8 Å². The lowest BCUT2D eigenvalue weighted by Gasteiger charge is -2.25. The van der Waals surface area contributed by atoms with E-state index in [4.69, 9.17) is 0 Å². The molecule has 4 heterocycles. The Hall–Kier alpha value is -2.55. The smallest absolute Gasteiger partial charge is 0.240 e. The van der Waals surface area contributed by atoms with Gasteiger partial charge in [-0.3, -0.25) is 9.78 Å². The molecule has 1 N–H and O–H groups in total. The van der Waals surface area contributed by atoms with Gasteiger partial charge in [-0.1, -0.05) is 6.07 Å². The number of nitrogens with one attached hydrogen (secondary N) is 1. The van der Waals surface area contributed by atoms with Crippen molar-refractivity contribution in [2.45, 2.75) is 30.7 Å². The number of rotatable bonds is 5. The van der Waals surface area contributed by atoms with Crippen molar-refractivity contribution < 1.29 is 13.2 Å². The highest BCUT2D eigenvalue weighted by Crippen LogP contribution is 2.38. The molecule has 1 amide bonds. The zero-order valence-corrected chi connectivity index (χ0v) is 17.2. The highest BCUT2D eigenvalue weighted by Gasteiger charge is 2.32. The fourth-order valence-corrected chi connectivity index (χ4v) is 5.83. The summed E-state index contributed by atoms with van der Waals surface area (Å²) in [5, 5.41) is 2.00. The van der Waals surface area contributed by atoms with Crippen LogP contribution in [0, 0.1) is 0 Å². The first kappa shape index (κ1) is 18.5. The van der Waals surface area contributed by atoms with Gasteiger partial charge in [0.2, 0.25) is 15.9 Å². The van der Waals surface area contributed by atoms with Crippen molar-refractivity contribution in [3.05, 3.63) is 64.8 Å². The summed E-state index contributed by atoms with van der Waals surface area (Å²) in [5.74, 6) is 0.128. The van der Waals surface area contributed by atoms with Crippen LogP contribution in [0.15, 0.2) is 53.0 Å². The molecule has 0 spiro atoms. The second-order valence-corrected chi connectivity index (χ2v) is 9.98. The van der Waals surface area contributed by atoms with Gasteiger partial charge in [0.25, 0.3) is 0 Å². The van der Waals surface area contributed by atoms with Gasteiger partial charge in [0.15, 0.2) is 0 Å². The third-order valence-electron chi connectivity index (χ3n) is 5.40. The number of aromatic nitrogens is 1. The molecule has 0 atom stereocenters. The van der Waals surface area contributed by atoms with Gasteiger partial charge in [0, 0.05) is 42.3 Å². The third kappa shape index (κ3) is 3.37. The molecule has 3 aromatic rings. The van der Waals surface area contributed by atoms with E-state index in [1.807, 2.05) is 23.6 Å². The van der Waals surface area contributed by atoms with Crippen LogP contribution in [0.25, 0.3) is 10.4 Å². The lowest BCUT2D eigenvalue weighted by Crippen LogP contribution is -2.33. The van der Waals surface area contributed by atoms with Gasteiger partial charge < -0.3 is 4.90 Å². The summed E-state index contributed by atoms with van der Waals surface area (Å²) in [7, 11) is -3.66. The van der Waals surface area contributed by atoms with Gasteiger partial charge in [0.1, 0.15) is 0 Å². The Bertz CT molecular complexity index is 1200. The van der Waals surface area contributed by atoms with E-state index in [-0.39, 0.29) is 17.3 Å². The van der Waals surface area contributed by atoms with Crippen molar-refractivity contribution in [2.75, 3.05) is 11.4 Å². The zero-order valence-electron chi connectivity index (χ0n) is 15.6. The molecule has 0 bridgehead atoms. The van der Waals surface area contributed by atoms with Crippen molar-refractivity contribution >= 4 is 33.0 Å². The summed E-state index contributed by atoms with van der Waals surface area (Å²) in [6.07, 6.45) is 5.18. The molecule has 6 nitrogen and oxygen atoms in total. The predicted octanol–water partition coefficient (Wildman–Crippen LogP) is 3.12. The van der Waals surface area contributed by atoms with Crippen LogP contribution in [-0.4, -0.2) is 25.9 Å². The Labute approximate surface area is 173 Å². The first-order valence-corrected chi connectivity index (χ1v) is 11.8. The van der Waals surface area contributed by atoms with Gasteiger partial charge in [0.05, 0.1) is 10.6 Å². The second kappa shape index (κ2) is 7.05. The normalized spacial score (nSPS) is 15.6. The number of benzene rings is 1. The van der Waals surface area contributed by atoms with E-state index in [1.165, 1.54) is 0 Å². The summed E-state index contributed by atoms with van der Waals surface area (Å²) in [6, 6.07) is 9.37. The number of carbonyl (C=O) groups is 1. The molecule has 0 fully saturated rings. The van der Waals surface area contributed by atoms with E-state index < -0.39 is 10.0 Å². The van der Waals surface area contributed by atoms with Crippen LogP contribution in [0.2, 0.25) is 0 Å². The fraction of sp³-hybridized carbons (Fsp3) is 0.238. The minimum Gasteiger partial charge on any atom is -0.312 e. The average Bonchev–Trinajstić information content (AvgIpc) is 3.40. The number of aryl methyl sites for hydroxylation is 1. The number of nitrogens with zero attached hydrogens (tertiary/aromatic N) is 2. The Kier molecular flexibility index (Phi) is 4.49. The van der Waals surface area contributed by atoms with E-state index in [0.717, 1.165) is 32.8 Å². The van der Waals surface area contributed by atoms with Gasteiger partial charge in [-0.25, -0.2) is 13.1 Å². The third-order valence-corrected chi connectivity index (χ3v) is 7.70. The Morgan fingerprint density at radius 2 is 1.93 bits per heavy atom. The molecule has 29 heavy (non-hydrogen) atoms. The lowest BCUT2D eigenvalue weighted by molar-refractivity contribution is -0.118. The number of pyridine rings is 1. The number of thiophene rings is 1. The van der Waals surface area contributed by atoms with Gasteiger partial charge in [-0.2, -0.15) is 0 Å². The summed E-state index contributed by atoms with van der Waals surface area (Å²) in [6.45, 7) is 0.810. The highest BCUT2D eigenvalue weighted by atomic mass is 32.2. The van der Waals surface area contributed by atoms with Crippen LogP contribution >= 0.6 is 11.3 Å². The molecule has 0 aliphatic carbocycles. The van der Waals surface area contributed by atoms with Crippen LogP contribution in [0.3, 0.4) is 0 Å². The molecule has 0 unspecified atom stereocenters. The van der Waals surface area contributed by atoms with Crippen molar-refractivity contribution in [1.29, 1.82) is 0 Å². The molecule has 0 radical (unpaired) electrons. The van der Waals surface area contributed by atoms with Gasteiger partial charge >= 0.3 is 0 Å². The Balaban J connectivity index is 1.39. The van der Waals surface area contributed by atoms with E-state index in [2.05, 4.69) is 9.71 Å². The zero-order chi connectivity index (χ0) is 20.0. The fourth-order valence-electron chi connectivity index (χ4n) is 4.00. The molecule has 2 aliphatic rings. The van der Waals surface area contributed by atoms with Crippen LogP contribution < -0.4 is 9.62 Å². The van der Waals surface area contributed by atoms with Crippen molar-refractivity contribution in [2.24, 2.45) is 0 Å². The quantitative estimate of drug-likeness (QED) is 0.681. The standard InChI is InChI=1S/C21H19N3O3S2/c25-20-4-3-15-9-18(10-16-5-6-24(20)21(15)16)29(26,27)23-12-14-8-17(13-22-11-14)19-2-1-7-28-19/h1-2,7-11,13,23H,3-6,12H2. The molecule has 1 aromatic carbocycles. The van der Waals surface area contributed by atoms with Crippen molar-refractivity contribution in [3.63, 3.8) is 0 Å². The van der Waals surface area contributed by atoms with Crippen LogP contribution in [0.1, 0.15) is 23.1 Å². The summed E-state index contributed by atoms with van der Waals surface area (Å²) < 4.78 is 28.6. The maximum Gasteiger partial charge on any atom is 0.240 e. The van der Waals surface area contributed by atoms with Gasteiger partial charge in [-0.15, -0.1) is 11.3 Å². The number of hydrogen-bond donors (Lipinski definition) is 1. The van der Waals surface area contributed by atoms with Crippen molar-refractivity contribution in [1.82, 2.24) is 9.71 Å². The summed E-state index contributed by atoms with van der Waals surface area (Å²) in [5.41, 5.74) is 4.59.